The summed E-state index contributed by atoms with van der Waals surface area (Å²) in [6, 6.07) is 2.54. The van der Waals surface area contributed by atoms with Crippen LogP contribution >= 0.6 is 0 Å². The molecule has 0 spiro atoms. The fourth-order valence-electron chi connectivity index (χ4n) is 2.55. The van der Waals surface area contributed by atoms with Crippen LogP contribution < -0.4 is 64.2 Å². The van der Waals surface area contributed by atoms with Crippen molar-refractivity contribution in [3.05, 3.63) is 53.4 Å². The summed E-state index contributed by atoms with van der Waals surface area (Å²) in [4.78, 5) is -2.27. The topological polar surface area (TPSA) is 159 Å². The summed E-state index contributed by atoms with van der Waals surface area (Å²) in [5.74, 6) is -13.7. The average molecular weight is 542 g/mol. The second kappa shape index (κ2) is 10.8. The Kier molecular flexibility index (Phi) is 9.80. The van der Waals surface area contributed by atoms with Gasteiger partial charge in [0.1, 0.15) is 10.1 Å². The number of halogens is 5. The molecule has 0 saturated heterocycles. The van der Waals surface area contributed by atoms with Crippen molar-refractivity contribution in [1.29, 1.82) is 0 Å². The van der Waals surface area contributed by atoms with Crippen molar-refractivity contribution in [2.24, 2.45) is 10.2 Å². The summed E-state index contributed by atoms with van der Waals surface area (Å²) in [5.41, 5.74) is -2.89. The zero-order chi connectivity index (χ0) is 24.2. The Balaban J connectivity index is 0.00000289. The quantitative estimate of drug-likeness (QED) is 0.0930. The molecule has 0 radical (unpaired) electrons. The molecule has 0 amide bonds. The van der Waals surface area contributed by atoms with Gasteiger partial charge in [0.25, 0.3) is 10.1 Å². The Hall–Kier alpha value is -1.21. The average Bonchev–Trinajstić information content (AvgIpc) is 2.69. The third-order valence-electron chi connectivity index (χ3n) is 4.01. The van der Waals surface area contributed by atoms with Crippen molar-refractivity contribution in [3.8, 4) is 5.75 Å². The second-order valence-electron chi connectivity index (χ2n) is 5.98. The van der Waals surface area contributed by atoms with E-state index in [-0.39, 0.29) is 59.1 Å². The van der Waals surface area contributed by atoms with Gasteiger partial charge in [0.15, 0.2) is 29.0 Å². The van der Waals surface area contributed by atoms with Gasteiger partial charge in [0.2, 0.25) is 5.82 Å². The van der Waals surface area contributed by atoms with Crippen molar-refractivity contribution >= 4 is 42.4 Å². The normalized spacial score (nSPS) is 12.0. The van der Waals surface area contributed by atoms with E-state index < -0.39 is 87.0 Å². The molecule has 0 saturated carbocycles. The van der Waals surface area contributed by atoms with Gasteiger partial charge < -0.3 is 9.66 Å². The first kappa shape index (κ1) is 30.8. The summed E-state index contributed by atoms with van der Waals surface area (Å²) in [6.07, 6.45) is 0. The Morgan fingerprint density at radius 2 is 1.24 bits per heavy atom. The standard InChI is InChI=1S/C16H7F5N2O7S2.2Na/c17-9-10(18)12(20)15(13(21)11(9)19)23-22-14-7-2-1-6(31(25,26)27)3-5(7)4-8(16(14)24)32(28,29)30;;/h1-4,24H,(H,25,26,27)(H,28,29,30);;/q;2*+1/p-2. The number of rotatable bonds is 4. The molecule has 0 aliphatic rings. The molecule has 0 aliphatic heterocycles. The third-order valence-corrected chi connectivity index (χ3v) is 5.70. The van der Waals surface area contributed by atoms with Crippen molar-refractivity contribution in [1.82, 2.24) is 0 Å². The molecule has 3 aromatic rings. The SMILES string of the molecule is O=S(=O)([O-])c1ccc2c(N=Nc3c(F)c(F)c(F)c(F)c3F)c([O-])c(S(=O)(=O)O)cc2c1.[Na+].[Na+]. The fourth-order valence-corrected chi connectivity index (χ4v) is 3.66. The van der Waals surface area contributed by atoms with Gasteiger partial charge in [-0.1, -0.05) is 11.8 Å². The van der Waals surface area contributed by atoms with Crippen molar-refractivity contribution in [3.63, 3.8) is 0 Å². The van der Waals surface area contributed by atoms with Gasteiger partial charge >= 0.3 is 59.1 Å². The van der Waals surface area contributed by atoms with Crippen molar-refractivity contribution in [2.75, 3.05) is 0 Å². The zero-order valence-electron chi connectivity index (χ0n) is 16.8. The Labute approximate surface area is 231 Å². The minimum atomic E-state index is -5.27. The molecule has 0 atom stereocenters. The maximum Gasteiger partial charge on any atom is 1.00 e. The molecular formula is C16H5F5N2Na2O7S2. The molecule has 9 nitrogen and oxygen atoms in total. The van der Waals surface area contributed by atoms with Gasteiger partial charge in [-0.3, -0.25) is 4.55 Å². The van der Waals surface area contributed by atoms with E-state index in [4.69, 9.17) is 0 Å². The van der Waals surface area contributed by atoms with Gasteiger partial charge in [-0.2, -0.15) is 13.5 Å². The number of hydrogen-bond acceptors (Lipinski definition) is 8. The van der Waals surface area contributed by atoms with Gasteiger partial charge in [-0.05, 0) is 23.6 Å². The summed E-state index contributed by atoms with van der Waals surface area (Å²) >= 11 is 0. The molecule has 3 rings (SSSR count). The van der Waals surface area contributed by atoms with E-state index in [0.717, 1.165) is 6.07 Å². The van der Waals surface area contributed by atoms with E-state index in [1.165, 1.54) is 0 Å². The molecule has 0 bridgehead atoms. The first-order valence-corrected chi connectivity index (χ1v) is 10.6. The monoisotopic (exact) mass is 542 g/mol. The first-order chi connectivity index (χ1) is 14.6. The van der Waals surface area contributed by atoms with Crippen LogP contribution in [0.15, 0.2) is 44.3 Å². The molecule has 0 aliphatic carbocycles. The van der Waals surface area contributed by atoms with E-state index >= 15 is 0 Å². The number of azo groups is 1. The van der Waals surface area contributed by atoms with E-state index in [1.807, 2.05) is 0 Å². The molecule has 18 heteroatoms. The zero-order valence-corrected chi connectivity index (χ0v) is 22.4. The molecule has 0 heterocycles. The molecule has 3 aromatic carbocycles. The van der Waals surface area contributed by atoms with Crippen LogP contribution in [0.1, 0.15) is 0 Å². The molecule has 0 aromatic heterocycles. The molecule has 1 N–H and O–H groups in total. The van der Waals surface area contributed by atoms with Crippen molar-refractivity contribution in [2.45, 2.75) is 9.79 Å². The van der Waals surface area contributed by atoms with Gasteiger partial charge in [-0.15, -0.1) is 5.11 Å². The maximum atomic E-state index is 13.8. The first-order valence-electron chi connectivity index (χ1n) is 7.79. The smallest absolute Gasteiger partial charge is 0.870 e. The van der Waals surface area contributed by atoms with Crippen molar-refractivity contribution < 1.29 is 112 Å². The number of fused-ring (bicyclic) bond motifs is 1. The van der Waals surface area contributed by atoms with Gasteiger partial charge in [0, 0.05) is 5.39 Å². The number of hydrogen-bond donors (Lipinski definition) is 1. The molecular weight excluding hydrogens is 537 g/mol. The molecule has 0 fully saturated rings. The summed E-state index contributed by atoms with van der Waals surface area (Å²) in [6.45, 7) is 0. The van der Waals surface area contributed by atoms with E-state index in [2.05, 4.69) is 10.2 Å². The van der Waals surface area contributed by atoms with Crippen LogP contribution in [0.2, 0.25) is 0 Å². The third kappa shape index (κ3) is 5.77. The van der Waals surface area contributed by atoms with Crippen LogP contribution in [-0.2, 0) is 20.2 Å². The van der Waals surface area contributed by atoms with Crippen LogP contribution in [0.5, 0.6) is 5.75 Å². The molecule has 0 unspecified atom stereocenters. The van der Waals surface area contributed by atoms with E-state index in [9.17, 15) is 53.0 Å². The number of nitrogens with zero attached hydrogens (tertiary/aromatic N) is 2. The van der Waals surface area contributed by atoms with Crippen LogP contribution in [0.4, 0.5) is 33.3 Å². The van der Waals surface area contributed by atoms with E-state index in [0.29, 0.717) is 18.2 Å². The minimum absolute atomic E-state index is 0. The molecule has 34 heavy (non-hydrogen) atoms. The van der Waals surface area contributed by atoms with Crippen LogP contribution in [0, 0.1) is 29.1 Å². The maximum absolute atomic E-state index is 13.8. The Morgan fingerprint density at radius 3 is 1.71 bits per heavy atom. The van der Waals surface area contributed by atoms with E-state index in [1.54, 1.807) is 0 Å². The largest absolute Gasteiger partial charge is 1.00 e. The van der Waals surface area contributed by atoms with Gasteiger partial charge in [0.05, 0.1) is 15.5 Å². The van der Waals surface area contributed by atoms with Crippen LogP contribution in [-0.4, -0.2) is 25.9 Å². The van der Waals surface area contributed by atoms with Crippen LogP contribution in [0.3, 0.4) is 0 Å². The summed E-state index contributed by atoms with van der Waals surface area (Å²) < 4.78 is 133. The fraction of sp³-hybridized carbons (Fsp3) is 0. The minimum Gasteiger partial charge on any atom is -0.870 e. The summed E-state index contributed by atoms with van der Waals surface area (Å²) in [5, 5.41) is 17.4. The Morgan fingerprint density at radius 1 is 0.765 bits per heavy atom. The summed E-state index contributed by atoms with van der Waals surface area (Å²) in [7, 11) is -10.3. The van der Waals surface area contributed by atoms with Gasteiger partial charge in [-0.25, -0.2) is 30.4 Å². The predicted molar refractivity (Wildman–Crippen MR) is 91.6 cm³/mol. The van der Waals surface area contributed by atoms with Crippen LogP contribution in [0.25, 0.3) is 10.8 Å². The predicted octanol–water partition coefficient (Wildman–Crippen LogP) is -2.82. The number of benzene rings is 3. The Bertz CT molecular complexity index is 1520. The second-order valence-corrected chi connectivity index (χ2v) is 8.75. The molecule has 170 valence electrons.